The van der Waals surface area contributed by atoms with E-state index in [0.29, 0.717) is 0 Å². The molecule has 1 unspecified atom stereocenters. The first kappa shape index (κ1) is 38.2. The summed E-state index contributed by atoms with van der Waals surface area (Å²) in [4.78, 5) is 11.0. The molecular weight excluding hydrogens is 610 g/mol. The van der Waals surface area contributed by atoms with Crippen LogP contribution in [0.3, 0.4) is 0 Å². The van der Waals surface area contributed by atoms with Gasteiger partial charge < -0.3 is 14.6 Å². The Morgan fingerprint density at radius 1 is 0.750 bits per heavy atom. The number of rotatable bonds is 17. The number of quaternary nitrogens is 1. The highest BCUT2D eigenvalue weighted by Crippen LogP contribution is 2.62. The second kappa shape index (κ2) is 12.2. The van der Waals surface area contributed by atoms with Gasteiger partial charge in [-0.3, -0.25) is 9.28 Å². The van der Waals surface area contributed by atoms with Crippen molar-refractivity contribution in [2.75, 3.05) is 39.6 Å². The monoisotopic (exact) mass is 634 g/mol. The van der Waals surface area contributed by atoms with Crippen molar-refractivity contribution < 1.29 is 94.1 Å². The van der Waals surface area contributed by atoms with Crippen molar-refractivity contribution in [3.8, 4) is 0 Å². The van der Waals surface area contributed by atoms with E-state index in [0.717, 1.165) is 6.92 Å². The lowest BCUT2D eigenvalue weighted by Crippen LogP contribution is -2.74. The van der Waals surface area contributed by atoms with E-state index >= 15 is 0 Å². The van der Waals surface area contributed by atoms with Gasteiger partial charge in [0.1, 0.15) is 19.3 Å². The molecule has 5 nitrogen and oxygen atoms in total. The fraction of sp³-hybridized carbons (Fsp3) is 0.947. The van der Waals surface area contributed by atoms with E-state index < -0.39 is 86.4 Å². The highest BCUT2D eigenvalue weighted by Gasteiger charge is 2.93. The molecule has 40 heavy (non-hydrogen) atoms. The fourth-order valence-corrected chi connectivity index (χ4v) is 3.03. The molecule has 0 rings (SSSR count). The van der Waals surface area contributed by atoms with Crippen LogP contribution in [-0.4, -0.2) is 109 Å². The number of esters is 1. The second-order valence-electron chi connectivity index (χ2n) is 8.59. The van der Waals surface area contributed by atoms with E-state index in [4.69, 9.17) is 4.74 Å². The number of alkyl halides is 16. The maximum absolute atomic E-state index is 13.9. The molecule has 0 saturated heterocycles. The number of aliphatic hydroxyl groups excluding tert-OH is 1. The Balaban J connectivity index is 5.94. The van der Waals surface area contributed by atoms with Crippen molar-refractivity contribution in [2.45, 2.75) is 74.8 Å². The van der Waals surface area contributed by atoms with Crippen LogP contribution >= 0.6 is 0 Å². The van der Waals surface area contributed by atoms with Gasteiger partial charge in [0.25, 0.3) is 0 Å². The zero-order chi connectivity index (χ0) is 32.4. The Morgan fingerprint density at radius 3 is 1.52 bits per heavy atom. The van der Waals surface area contributed by atoms with Crippen LogP contribution in [0.4, 0.5) is 70.2 Å². The number of nitrogens with zero attached hydrogens (tertiary/aromatic N) is 1. The predicted molar refractivity (Wildman–Crippen MR) is 100 cm³/mol. The standard InChI is InChI=1S/C19H24F16NO4/c1-4-36(5-2,9-40-10(3)37)6-11(38)7-39-8-13(22,23)15(26,27)17(30,31)19(34,35)18(32,33)16(28,29)14(24,25)12(20)21/h11-12,38H,4-9H2,1-3H3/q+1. The highest BCUT2D eigenvalue weighted by atomic mass is 19.4. The lowest BCUT2D eigenvalue weighted by atomic mass is 9.89. The lowest BCUT2D eigenvalue weighted by molar-refractivity contribution is -0.943. The normalized spacial score (nSPS) is 15.9. The van der Waals surface area contributed by atoms with Crippen molar-refractivity contribution in [3.63, 3.8) is 0 Å². The number of halogens is 16. The number of hydrogen-bond donors (Lipinski definition) is 1. The van der Waals surface area contributed by atoms with Crippen LogP contribution < -0.4 is 0 Å². The summed E-state index contributed by atoms with van der Waals surface area (Å²) < 4.78 is 222. The van der Waals surface area contributed by atoms with E-state index in [1.807, 2.05) is 0 Å². The summed E-state index contributed by atoms with van der Waals surface area (Å²) in [5.74, 6) is -56.0. The van der Waals surface area contributed by atoms with Crippen LogP contribution in [-0.2, 0) is 14.3 Å². The first-order valence-electron chi connectivity index (χ1n) is 10.8. The van der Waals surface area contributed by atoms with E-state index in [-0.39, 0.29) is 17.6 Å². The van der Waals surface area contributed by atoms with Crippen molar-refractivity contribution in [1.82, 2.24) is 0 Å². The molecule has 21 heteroatoms. The summed E-state index contributed by atoms with van der Waals surface area (Å²) in [6.45, 7) is -1.21. The largest absolute Gasteiger partial charge is 0.415 e. The molecule has 0 saturated carbocycles. The molecule has 240 valence electrons. The first-order chi connectivity index (χ1) is 17.6. The SMILES string of the molecule is CC[N+](CC)(COC(C)=O)CC(O)COCC(F)(F)C(F)(F)C(F)(F)C(F)(F)C(F)(F)C(F)(F)C(F)(F)C(F)F. The minimum absolute atomic E-state index is 0.0970. The Morgan fingerprint density at radius 2 is 1.15 bits per heavy atom. The third-order valence-electron chi connectivity index (χ3n) is 5.80. The lowest BCUT2D eigenvalue weighted by Gasteiger charge is -2.42. The van der Waals surface area contributed by atoms with Crippen LogP contribution in [0.25, 0.3) is 0 Å². The Kier molecular flexibility index (Phi) is 11.7. The average molecular weight is 634 g/mol. The van der Waals surface area contributed by atoms with Gasteiger partial charge in [-0.2, -0.15) is 61.5 Å². The van der Waals surface area contributed by atoms with Gasteiger partial charge in [-0.25, -0.2) is 8.78 Å². The summed E-state index contributed by atoms with van der Waals surface area (Å²) in [6, 6.07) is 0. The summed E-state index contributed by atoms with van der Waals surface area (Å²) in [5, 5.41) is 9.92. The molecular formula is C19H24F16NO4+. The van der Waals surface area contributed by atoms with E-state index in [9.17, 15) is 80.1 Å². The summed E-state index contributed by atoms with van der Waals surface area (Å²) in [6.07, 6.45) is -7.83. The minimum Gasteiger partial charge on any atom is -0.415 e. The van der Waals surface area contributed by atoms with Gasteiger partial charge in [-0.05, 0) is 13.8 Å². The molecule has 1 atom stereocenters. The molecule has 1 N–H and O–H groups in total. The maximum atomic E-state index is 13.9. The summed E-state index contributed by atoms with van der Waals surface area (Å²) in [5.41, 5.74) is 0. The summed E-state index contributed by atoms with van der Waals surface area (Å²) >= 11 is 0. The molecule has 0 aromatic heterocycles. The number of hydrogen-bond acceptors (Lipinski definition) is 4. The maximum Gasteiger partial charge on any atom is 0.384 e. The molecule has 0 aliphatic carbocycles. The topological polar surface area (TPSA) is 55.8 Å². The fourth-order valence-electron chi connectivity index (χ4n) is 3.03. The molecule has 0 fully saturated rings. The van der Waals surface area contributed by atoms with Crippen molar-refractivity contribution in [3.05, 3.63) is 0 Å². The third-order valence-corrected chi connectivity index (χ3v) is 5.80. The quantitative estimate of drug-likeness (QED) is 0.100. The van der Waals surface area contributed by atoms with Gasteiger partial charge in [0.05, 0.1) is 19.7 Å². The number of ether oxygens (including phenoxy) is 2. The molecule has 0 aliphatic heterocycles. The van der Waals surface area contributed by atoms with Crippen molar-refractivity contribution in [2.24, 2.45) is 0 Å². The van der Waals surface area contributed by atoms with E-state index in [2.05, 4.69) is 4.74 Å². The molecule has 0 bridgehead atoms. The molecule has 0 aromatic rings. The smallest absolute Gasteiger partial charge is 0.384 e. The highest BCUT2D eigenvalue weighted by molar-refractivity contribution is 5.65. The van der Waals surface area contributed by atoms with Gasteiger partial charge >= 0.3 is 53.9 Å². The van der Waals surface area contributed by atoms with Crippen molar-refractivity contribution >= 4 is 5.97 Å². The zero-order valence-corrected chi connectivity index (χ0v) is 20.6. The van der Waals surface area contributed by atoms with Gasteiger partial charge in [0.15, 0.2) is 0 Å². The van der Waals surface area contributed by atoms with Crippen molar-refractivity contribution in [1.29, 1.82) is 0 Å². The average Bonchev–Trinajstić information content (AvgIpc) is 2.80. The van der Waals surface area contributed by atoms with Gasteiger partial charge in [0, 0.05) is 6.92 Å². The van der Waals surface area contributed by atoms with Crippen LogP contribution in [0.5, 0.6) is 0 Å². The molecule has 0 heterocycles. The Labute approximate surface area is 215 Å². The number of carbonyl (C=O) groups excluding carboxylic acids is 1. The molecule has 0 spiro atoms. The molecule has 0 aliphatic rings. The predicted octanol–water partition coefficient (Wildman–Crippen LogP) is 5.45. The van der Waals surface area contributed by atoms with Crippen LogP contribution in [0, 0.1) is 0 Å². The van der Waals surface area contributed by atoms with Crippen LogP contribution in [0.2, 0.25) is 0 Å². The van der Waals surface area contributed by atoms with Crippen LogP contribution in [0.1, 0.15) is 20.8 Å². The Hall–Kier alpha value is -1.77. The summed E-state index contributed by atoms with van der Waals surface area (Å²) in [7, 11) is 0. The second-order valence-corrected chi connectivity index (χ2v) is 8.59. The molecule has 0 amide bonds. The molecule has 0 radical (unpaired) electrons. The van der Waals surface area contributed by atoms with E-state index in [1.165, 1.54) is 13.8 Å². The van der Waals surface area contributed by atoms with Crippen LogP contribution in [0.15, 0.2) is 0 Å². The Bertz CT molecular complexity index is 848. The minimum atomic E-state index is -8.48. The van der Waals surface area contributed by atoms with Gasteiger partial charge in [-0.15, -0.1) is 0 Å². The molecule has 0 aromatic carbocycles. The number of carbonyl (C=O) groups is 1. The number of likely N-dealkylation sites (N-methyl/N-ethyl adjacent to an activating group) is 1. The van der Waals surface area contributed by atoms with Gasteiger partial charge in [-0.1, -0.05) is 0 Å². The van der Waals surface area contributed by atoms with Gasteiger partial charge in [0.2, 0.25) is 6.73 Å². The third kappa shape index (κ3) is 6.65. The first-order valence-corrected chi connectivity index (χ1v) is 10.8. The number of aliphatic hydroxyl groups is 1. The zero-order valence-electron chi connectivity index (χ0n) is 20.6. The van der Waals surface area contributed by atoms with E-state index in [1.54, 1.807) is 0 Å².